The maximum Gasteiger partial charge on any atom is 0.191 e. The van der Waals surface area contributed by atoms with Gasteiger partial charge in [0, 0.05) is 50.2 Å². The van der Waals surface area contributed by atoms with Crippen LogP contribution in [0.2, 0.25) is 0 Å². The van der Waals surface area contributed by atoms with Crippen LogP contribution < -0.4 is 10.6 Å². The van der Waals surface area contributed by atoms with E-state index in [-0.39, 0.29) is 28.7 Å². The van der Waals surface area contributed by atoms with Gasteiger partial charge in [-0.05, 0) is 51.2 Å². The predicted molar refractivity (Wildman–Crippen MR) is 128 cm³/mol. The van der Waals surface area contributed by atoms with E-state index in [1.807, 2.05) is 11.8 Å². The van der Waals surface area contributed by atoms with Crippen molar-refractivity contribution in [2.45, 2.75) is 62.7 Å². The number of aliphatic imine (C=N–C) groups is 1. The zero-order valence-corrected chi connectivity index (χ0v) is 20.3. The second-order valence-corrected chi connectivity index (χ2v) is 9.51. The lowest BCUT2D eigenvalue weighted by atomic mass is 9.99. The Morgan fingerprint density at radius 1 is 1.22 bits per heavy atom. The highest BCUT2D eigenvalue weighted by Crippen LogP contribution is 2.34. The molecule has 5 nitrogen and oxygen atoms in total. The summed E-state index contributed by atoms with van der Waals surface area (Å²) < 4.78 is 5.81. The second-order valence-electron chi connectivity index (χ2n) is 8.23. The third-order valence-electron chi connectivity index (χ3n) is 6.31. The van der Waals surface area contributed by atoms with Gasteiger partial charge in [0.25, 0.3) is 0 Å². The van der Waals surface area contributed by atoms with Gasteiger partial charge in [0.2, 0.25) is 0 Å². The molecule has 2 heterocycles. The molecule has 27 heavy (non-hydrogen) atoms. The topological polar surface area (TPSA) is 48.9 Å². The third-order valence-corrected chi connectivity index (χ3v) is 7.71. The van der Waals surface area contributed by atoms with Gasteiger partial charge >= 0.3 is 0 Å². The summed E-state index contributed by atoms with van der Waals surface area (Å²) in [6.45, 7) is 9.41. The van der Waals surface area contributed by atoms with Gasteiger partial charge < -0.3 is 20.3 Å². The highest BCUT2D eigenvalue weighted by molar-refractivity contribution is 14.0. The number of guanidine groups is 1. The fraction of sp³-hybridized carbons (Fsp3) is 0.950. The second kappa shape index (κ2) is 12.1. The van der Waals surface area contributed by atoms with E-state index in [2.05, 4.69) is 28.7 Å². The molecule has 1 unspecified atom stereocenters. The molecule has 3 aliphatic rings. The molecule has 0 aromatic rings. The van der Waals surface area contributed by atoms with Crippen molar-refractivity contribution in [1.29, 1.82) is 0 Å². The first-order valence-corrected chi connectivity index (χ1v) is 11.9. The number of halogens is 1. The van der Waals surface area contributed by atoms with Crippen LogP contribution in [0.4, 0.5) is 0 Å². The molecule has 1 aliphatic carbocycles. The minimum absolute atomic E-state index is 0. The lowest BCUT2D eigenvalue weighted by molar-refractivity contribution is 0.0794. The van der Waals surface area contributed by atoms with Crippen molar-refractivity contribution in [3.05, 3.63) is 0 Å². The molecule has 1 atom stereocenters. The van der Waals surface area contributed by atoms with E-state index in [0.717, 1.165) is 51.0 Å². The van der Waals surface area contributed by atoms with E-state index < -0.39 is 0 Å². The predicted octanol–water partition coefficient (Wildman–Crippen LogP) is 3.34. The van der Waals surface area contributed by atoms with Crippen LogP contribution in [0.15, 0.2) is 4.99 Å². The Hall–Kier alpha value is 0.270. The standard InChI is InChI=1S/C20H38N4OS.HI/c1-3-21-19(22-16-20(26-2)9-12-25-13-10-20)23-18-8-11-24(15-18)14-17-6-4-5-7-17;/h17-18H,3-16H2,1-2H3,(H2,21,22,23);1H. The summed E-state index contributed by atoms with van der Waals surface area (Å²) >= 11 is 1.96. The van der Waals surface area contributed by atoms with Gasteiger partial charge in [-0.25, -0.2) is 0 Å². The normalized spacial score (nSPS) is 26.7. The van der Waals surface area contributed by atoms with E-state index in [1.165, 1.54) is 51.7 Å². The Kier molecular flexibility index (Phi) is 10.5. The summed E-state index contributed by atoms with van der Waals surface area (Å²) in [7, 11) is 0. The van der Waals surface area contributed by atoms with Crippen LogP contribution >= 0.6 is 35.7 Å². The highest BCUT2D eigenvalue weighted by Gasteiger charge is 2.32. The zero-order chi connectivity index (χ0) is 18.2. The minimum atomic E-state index is 0. The summed E-state index contributed by atoms with van der Waals surface area (Å²) in [5.41, 5.74) is 0. The average molecular weight is 511 g/mol. The summed E-state index contributed by atoms with van der Waals surface area (Å²) in [6.07, 6.45) is 11.4. The molecule has 1 saturated carbocycles. The van der Waals surface area contributed by atoms with Gasteiger partial charge in [0.05, 0.1) is 6.54 Å². The number of nitrogens with zero attached hydrogens (tertiary/aromatic N) is 2. The molecule has 158 valence electrons. The Balaban J connectivity index is 0.00000261. The molecule has 0 radical (unpaired) electrons. The molecular weight excluding hydrogens is 471 g/mol. The van der Waals surface area contributed by atoms with Crippen molar-refractivity contribution in [2.24, 2.45) is 10.9 Å². The molecule has 0 spiro atoms. The van der Waals surface area contributed by atoms with Crippen molar-refractivity contribution < 1.29 is 4.74 Å². The molecule has 2 aliphatic heterocycles. The summed E-state index contributed by atoms with van der Waals surface area (Å²) in [5, 5.41) is 7.17. The van der Waals surface area contributed by atoms with Gasteiger partial charge in [0.1, 0.15) is 0 Å². The number of likely N-dealkylation sites (tertiary alicyclic amines) is 1. The molecular formula is C20H39IN4OS. The Morgan fingerprint density at radius 2 is 1.96 bits per heavy atom. The molecule has 2 saturated heterocycles. The van der Waals surface area contributed by atoms with Gasteiger partial charge in [-0.1, -0.05) is 12.8 Å². The number of ether oxygens (including phenoxy) is 1. The van der Waals surface area contributed by atoms with E-state index >= 15 is 0 Å². The van der Waals surface area contributed by atoms with Crippen LogP contribution in [-0.2, 0) is 4.74 Å². The van der Waals surface area contributed by atoms with Crippen molar-refractivity contribution in [3.8, 4) is 0 Å². The summed E-state index contributed by atoms with van der Waals surface area (Å²) in [4.78, 5) is 7.64. The van der Waals surface area contributed by atoms with Gasteiger partial charge in [-0.3, -0.25) is 4.99 Å². The monoisotopic (exact) mass is 510 g/mol. The first-order chi connectivity index (χ1) is 12.7. The van der Waals surface area contributed by atoms with Crippen molar-refractivity contribution in [3.63, 3.8) is 0 Å². The van der Waals surface area contributed by atoms with Crippen LogP contribution in [0.5, 0.6) is 0 Å². The van der Waals surface area contributed by atoms with Gasteiger partial charge in [0.15, 0.2) is 5.96 Å². The number of thioether (sulfide) groups is 1. The largest absolute Gasteiger partial charge is 0.381 e. The molecule has 2 N–H and O–H groups in total. The number of hydrogen-bond donors (Lipinski definition) is 2. The van der Waals surface area contributed by atoms with Crippen LogP contribution in [0.25, 0.3) is 0 Å². The minimum Gasteiger partial charge on any atom is -0.381 e. The summed E-state index contributed by atoms with van der Waals surface area (Å²) in [6, 6.07) is 0.536. The molecule has 3 rings (SSSR count). The molecule has 0 amide bonds. The molecule has 0 aromatic carbocycles. The van der Waals surface area contributed by atoms with E-state index in [1.54, 1.807) is 0 Å². The molecule has 7 heteroatoms. The maximum atomic E-state index is 5.56. The molecule has 3 fully saturated rings. The van der Waals surface area contributed by atoms with E-state index in [4.69, 9.17) is 9.73 Å². The lowest BCUT2D eigenvalue weighted by Crippen LogP contribution is -2.46. The summed E-state index contributed by atoms with van der Waals surface area (Å²) in [5.74, 6) is 1.95. The first-order valence-electron chi connectivity index (χ1n) is 10.6. The van der Waals surface area contributed by atoms with Crippen LogP contribution in [0.3, 0.4) is 0 Å². The van der Waals surface area contributed by atoms with Crippen molar-refractivity contribution in [2.75, 3.05) is 52.2 Å². The SMILES string of the molecule is CCNC(=NCC1(SC)CCOCC1)NC1CCN(CC2CCCC2)C1.I. The maximum absolute atomic E-state index is 5.56. The Labute approximate surface area is 187 Å². The first kappa shape index (κ1) is 23.5. The molecule has 0 aromatic heterocycles. The fourth-order valence-corrected chi connectivity index (χ4v) is 5.35. The smallest absolute Gasteiger partial charge is 0.191 e. The van der Waals surface area contributed by atoms with Crippen molar-refractivity contribution >= 4 is 41.7 Å². The van der Waals surface area contributed by atoms with E-state index in [9.17, 15) is 0 Å². The number of rotatable bonds is 7. The van der Waals surface area contributed by atoms with Gasteiger partial charge in [-0.15, -0.1) is 24.0 Å². The van der Waals surface area contributed by atoms with E-state index in [0.29, 0.717) is 6.04 Å². The lowest BCUT2D eigenvalue weighted by Gasteiger charge is -2.34. The van der Waals surface area contributed by atoms with Crippen LogP contribution in [0, 0.1) is 5.92 Å². The van der Waals surface area contributed by atoms with Crippen LogP contribution in [0.1, 0.15) is 51.9 Å². The Bertz CT molecular complexity index is 453. The van der Waals surface area contributed by atoms with Gasteiger partial charge in [-0.2, -0.15) is 11.8 Å². The quantitative estimate of drug-likeness (QED) is 0.313. The fourth-order valence-electron chi connectivity index (χ4n) is 4.58. The Morgan fingerprint density at radius 3 is 2.63 bits per heavy atom. The highest BCUT2D eigenvalue weighted by atomic mass is 127. The van der Waals surface area contributed by atoms with Crippen LogP contribution in [-0.4, -0.2) is 73.8 Å². The molecule has 0 bridgehead atoms. The third kappa shape index (κ3) is 7.23. The van der Waals surface area contributed by atoms with Crippen molar-refractivity contribution in [1.82, 2.24) is 15.5 Å². The zero-order valence-electron chi connectivity index (χ0n) is 17.2. The number of nitrogens with one attached hydrogen (secondary N) is 2. The number of hydrogen-bond acceptors (Lipinski definition) is 4. The average Bonchev–Trinajstić information content (AvgIpc) is 3.33.